The summed E-state index contributed by atoms with van der Waals surface area (Å²) in [6, 6.07) is 3.15. The second kappa shape index (κ2) is 4.84. The summed E-state index contributed by atoms with van der Waals surface area (Å²) in [5.74, 6) is -0.599. The van der Waals surface area contributed by atoms with Crippen LogP contribution in [0.15, 0.2) is 35.3 Å². The molecule has 0 saturated heterocycles. The molecule has 0 fully saturated rings. The molecule has 0 spiro atoms. The summed E-state index contributed by atoms with van der Waals surface area (Å²) in [6.45, 7) is 2.12. The molecular formula is C13H10F2N4O. The van der Waals surface area contributed by atoms with Crippen LogP contribution in [0.3, 0.4) is 0 Å². The summed E-state index contributed by atoms with van der Waals surface area (Å²) in [5, 5.41) is 3.97. The Kier molecular flexibility index (Phi) is 3.02. The fraction of sp³-hybridized carbons (Fsp3) is 0.154. The van der Waals surface area contributed by atoms with Gasteiger partial charge in [0, 0.05) is 11.6 Å². The van der Waals surface area contributed by atoms with Crippen molar-refractivity contribution in [2.45, 2.75) is 13.5 Å². The molecule has 102 valence electrons. The Morgan fingerprint density at radius 2 is 1.95 bits per heavy atom. The van der Waals surface area contributed by atoms with E-state index in [2.05, 4.69) is 15.1 Å². The number of benzene rings is 1. The Hall–Kier alpha value is -2.57. The van der Waals surface area contributed by atoms with Crippen LogP contribution in [0.5, 0.6) is 0 Å². The molecule has 0 aliphatic heterocycles. The molecule has 7 heteroatoms. The molecule has 3 rings (SSSR count). The summed E-state index contributed by atoms with van der Waals surface area (Å²) in [4.78, 5) is 8.08. The number of aryl methyl sites for hydroxylation is 1. The van der Waals surface area contributed by atoms with Gasteiger partial charge in [-0.2, -0.15) is 5.10 Å². The molecule has 3 aromatic rings. The van der Waals surface area contributed by atoms with Crippen LogP contribution in [0.1, 0.15) is 11.5 Å². The number of oxazole rings is 1. The summed E-state index contributed by atoms with van der Waals surface area (Å²) < 4.78 is 33.4. The second-order valence-electron chi connectivity index (χ2n) is 4.27. The highest BCUT2D eigenvalue weighted by atomic mass is 19.1. The van der Waals surface area contributed by atoms with Gasteiger partial charge in [0.15, 0.2) is 0 Å². The van der Waals surface area contributed by atoms with Gasteiger partial charge in [-0.3, -0.25) is 0 Å². The minimum absolute atomic E-state index is 0.177. The van der Waals surface area contributed by atoms with Crippen LogP contribution in [-0.4, -0.2) is 19.7 Å². The van der Waals surface area contributed by atoms with E-state index in [0.717, 1.165) is 6.07 Å². The first-order valence-corrected chi connectivity index (χ1v) is 5.87. The number of hydrogen-bond donors (Lipinski definition) is 0. The summed E-state index contributed by atoms with van der Waals surface area (Å²) in [5.41, 5.74) is 0.894. The van der Waals surface area contributed by atoms with Crippen LogP contribution >= 0.6 is 0 Å². The lowest BCUT2D eigenvalue weighted by molar-refractivity contribution is 0.532. The number of halogens is 2. The van der Waals surface area contributed by atoms with Crippen molar-refractivity contribution in [2.24, 2.45) is 0 Å². The van der Waals surface area contributed by atoms with E-state index in [9.17, 15) is 8.78 Å². The number of aromatic nitrogens is 4. The molecule has 2 heterocycles. The smallest absolute Gasteiger partial charge is 0.226 e. The van der Waals surface area contributed by atoms with Gasteiger partial charge in [-0.05, 0) is 19.1 Å². The van der Waals surface area contributed by atoms with Gasteiger partial charge in [-0.1, -0.05) is 0 Å². The van der Waals surface area contributed by atoms with Crippen LogP contribution in [0.25, 0.3) is 11.5 Å². The third-order valence-electron chi connectivity index (χ3n) is 2.78. The van der Waals surface area contributed by atoms with Crippen molar-refractivity contribution in [1.82, 2.24) is 19.7 Å². The predicted octanol–water partition coefficient (Wildman–Crippen LogP) is 2.57. The lowest BCUT2D eigenvalue weighted by Crippen LogP contribution is -2.01. The van der Waals surface area contributed by atoms with Crippen LogP contribution in [-0.2, 0) is 6.54 Å². The molecular weight excluding hydrogens is 266 g/mol. The quantitative estimate of drug-likeness (QED) is 0.737. The van der Waals surface area contributed by atoms with Crippen LogP contribution < -0.4 is 0 Å². The molecule has 2 aromatic heterocycles. The van der Waals surface area contributed by atoms with Crippen molar-refractivity contribution >= 4 is 0 Å². The Balaban J connectivity index is 1.95. The van der Waals surface area contributed by atoms with Crippen molar-refractivity contribution in [3.05, 3.63) is 53.9 Å². The number of hydrogen-bond acceptors (Lipinski definition) is 4. The SMILES string of the molecule is Cc1oc(-c2cc(F)cc(F)c2)nc1Cn1cncn1. The topological polar surface area (TPSA) is 56.7 Å². The lowest BCUT2D eigenvalue weighted by Gasteiger charge is -1.96. The van der Waals surface area contributed by atoms with Gasteiger partial charge in [-0.15, -0.1) is 0 Å². The molecule has 0 aliphatic rings. The van der Waals surface area contributed by atoms with E-state index in [1.165, 1.54) is 18.5 Å². The predicted molar refractivity (Wildman–Crippen MR) is 65.7 cm³/mol. The zero-order chi connectivity index (χ0) is 14.1. The first-order valence-electron chi connectivity index (χ1n) is 5.87. The van der Waals surface area contributed by atoms with Crippen molar-refractivity contribution < 1.29 is 13.2 Å². The minimum atomic E-state index is -0.673. The fourth-order valence-electron chi connectivity index (χ4n) is 1.84. The molecule has 0 amide bonds. The summed E-state index contributed by atoms with van der Waals surface area (Å²) in [6.07, 6.45) is 2.97. The van der Waals surface area contributed by atoms with Gasteiger partial charge in [0.05, 0.1) is 6.54 Å². The highest BCUT2D eigenvalue weighted by molar-refractivity contribution is 5.53. The van der Waals surface area contributed by atoms with Gasteiger partial charge in [0.25, 0.3) is 0 Å². The van der Waals surface area contributed by atoms with E-state index >= 15 is 0 Å². The molecule has 5 nitrogen and oxygen atoms in total. The summed E-state index contributed by atoms with van der Waals surface area (Å²) >= 11 is 0. The molecule has 0 radical (unpaired) electrons. The normalized spacial score (nSPS) is 10.9. The largest absolute Gasteiger partial charge is 0.441 e. The van der Waals surface area contributed by atoms with Gasteiger partial charge in [-0.25, -0.2) is 23.4 Å². The standard InChI is InChI=1S/C13H10F2N4O/c1-8-12(5-19-7-16-6-17-19)18-13(20-8)9-2-10(14)4-11(15)3-9/h2-4,6-7H,5H2,1H3. The fourth-order valence-corrected chi connectivity index (χ4v) is 1.84. The van der Waals surface area contributed by atoms with E-state index in [-0.39, 0.29) is 11.5 Å². The Morgan fingerprint density at radius 1 is 1.20 bits per heavy atom. The molecule has 20 heavy (non-hydrogen) atoms. The Labute approximate surface area is 112 Å². The first-order chi connectivity index (χ1) is 9.61. The average Bonchev–Trinajstić information content (AvgIpc) is 3.00. The van der Waals surface area contributed by atoms with Crippen LogP contribution in [0, 0.1) is 18.6 Å². The Bertz CT molecular complexity index is 717. The Morgan fingerprint density at radius 3 is 2.60 bits per heavy atom. The van der Waals surface area contributed by atoms with Gasteiger partial charge in [0.1, 0.15) is 35.7 Å². The van der Waals surface area contributed by atoms with Crippen molar-refractivity contribution in [2.75, 3.05) is 0 Å². The molecule has 0 atom stereocenters. The zero-order valence-corrected chi connectivity index (χ0v) is 10.5. The van der Waals surface area contributed by atoms with Crippen LogP contribution in [0.2, 0.25) is 0 Å². The van der Waals surface area contributed by atoms with Gasteiger partial charge >= 0.3 is 0 Å². The third kappa shape index (κ3) is 2.42. The highest BCUT2D eigenvalue weighted by Crippen LogP contribution is 2.23. The van der Waals surface area contributed by atoms with Crippen molar-refractivity contribution in [1.29, 1.82) is 0 Å². The zero-order valence-electron chi connectivity index (χ0n) is 10.5. The first kappa shape index (κ1) is 12.5. The maximum absolute atomic E-state index is 13.2. The van der Waals surface area contributed by atoms with Crippen molar-refractivity contribution in [3.63, 3.8) is 0 Å². The van der Waals surface area contributed by atoms with E-state index in [1.807, 2.05) is 0 Å². The summed E-state index contributed by atoms with van der Waals surface area (Å²) in [7, 11) is 0. The molecule has 0 N–H and O–H groups in total. The van der Waals surface area contributed by atoms with E-state index in [0.29, 0.717) is 18.0 Å². The highest BCUT2D eigenvalue weighted by Gasteiger charge is 2.13. The lowest BCUT2D eigenvalue weighted by atomic mass is 10.2. The number of rotatable bonds is 3. The average molecular weight is 276 g/mol. The van der Waals surface area contributed by atoms with Gasteiger partial charge < -0.3 is 4.42 Å². The van der Waals surface area contributed by atoms with E-state index in [4.69, 9.17) is 4.42 Å². The second-order valence-corrected chi connectivity index (χ2v) is 4.27. The minimum Gasteiger partial charge on any atom is -0.441 e. The monoisotopic (exact) mass is 276 g/mol. The molecule has 0 aliphatic carbocycles. The third-order valence-corrected chi connectivity index (χ3v) is 2.78. The van der Waals surface area contributed by atoms with Gasteiger partial charge in [0.2, 0.25) is 5.89 Å². The van der Waals surface area contributed by atoms with E-state index < -0.39 is 11.6 Å². The van der Waals surface area contributed by atoms with Crippen molar-refractivity contribution in [3.8, 4) is 11.5 Å². The molecule has 1 aromatic carbocycles. The van der Waals surface area contributed by atoms with Crippen LogP contribution in [0.4, 0.5) is 8.78 Å². The van der Waals surface area contributed by atoms with E-state index in [1.54, 1.807) is 17.9 Å². The molecule has 0 bridgehead atoms. The molecule has 0 unspecified atom stereocenters. The maximum Gasteiger partial charge on any atom is 0.226 e. The number of nitrogens with zero attached hydrogens (tertiary/aromatic N) is 4. The molecule has 0 saturated carbocycles. The maximum atomic E-state index is 13.2.